The Morgan fingerprint density at radius 2 is 2.17 bits per heavy atom. The van der Waals surface area contributed by atoms with Gasteiger partial charge in [0.1, 0.15) is 15.8 Å². The van der Waals surface area contributed by atoms with Crippen LogP contribution in [-0.4, -0.2) is 38.1 Å². The van der Waals surface area contributed by atoms with Crippen LogP contribution in [0.4, 0.5) is 5.82 Å². The predicted molar refractivity (Wildman–Crippen MR) is 101 cm³/mol. The maximum atomic E-state index is 12.8. The van der Waals surface area contributed by atoms with Crippen molar-refractivity contribution in [3.05, 3.63) is 45.2 Å². The standard InChI is InChI=1S/C16H16N4O2S2/c1-3-7-17-13-10(9-11-15(22)19(2)16(23)24-11)14(21)20-8-5-4-6-12(20)18-13/h4-6,8-9,17H,3,7H2,1-2H3/b11-9+. The summed E-state index contributed by atoms with van der Waals surface area (Å²) in [7, 11) is 1.63. The molecule has 2 aromatic rings. The van der Waals surface area contributed by atoms with Crippen molar-refractivity contribution in [1.82, 2.24) is 14.3 Å². The molecule has 0 radical (unpaired) electrons. The van der Waals surface area contributed by atoms with Gasteiger partial charge in [0.05, 0.1) is 10.5 Å². The molecule has 0 aromatic carbocycles. The van der Waals surface area contributed by atoms with Gasteiger partial charge in [0.15, 0.2) is 0 Å². The van der Waals surface area contributed by atoms with Crippen molar-refractivity contribution in [2.24, 2.45) is 0 Å². The predicted octanol–water partition coefficient (Wildman–Crippen LogP) is 2.35. The molecule has 1 saturated heterocycles. The number of likely N-dealkylation sites (N-methyl/N-ethyl adjacent to an activating group) is 1. The Balaban J connectivity index is 2.18. The zero-order chi connectivity index (χ0) is 17.3. The van der Waals surface area contributed by atoms with E-state index < -0.39 is 0 Å². The molecule has 3 rings (SSSR count). The van der Waals surface area contributed by atoms with E-state index in [1.807, 2.05) is 13.0 Å². The van der Waals surface area contributed by atoms with Gasteiger partial charge in [0.25, 0.3) is 11.5 Å². The van der Waals surface area contributed by atoms with Crippen LogP contribution in [0.5, 0.6) is 0 Å². The lowest BCUT2D eigenvalue weighted by Crippen LogP contribution is -2.23. The highest BCUT2D eigenvalue weighted by Crippen LogP contribution is 2.31. The van der Waals surface area contributed by atoms with Gasteiger partial charge in [-0.25, -0.2) is 4.98 Å². The van der Waals surface area contributed by atoms with Crippen LogP contribution < -0.4 is 10.9 Å². The van der Waals surface area contributed by atoms with E-state index in [0.717, 1.165) is 6.42 Å². The van der Waals surface area contributed by atoms with Gasteiger partial charge in [-0.1, -0.05) is 37.0 Å². The molecular formula is C16H16N4O2S2. The van der Waals surface area contributed by atoms with Gasteiger partial charge in [0, 0.05) is 19.8 Å². The Kier molecular flexibility index (Phi) is 4.68. The number of amides is 1. The van der Waals surface area contributed by atoms with Crippen LogP contribution in [0, 0.1) is 0 Å². The van der Waals surface area contributed by atoms with E-state index in [0.29, 0.717) is 32.8 Å². The number of nitrogens with one attached hydrogen (secondary N) is 1. The summed E-state index contributed by atoms with van der Waals surface area (Å²) in [6, 6.07) is 5.37. The van der Waals surface area contributed by atoms with Crippen molar-refractivity contribution in [3.8, 4) is 0 Å². The Morgan fingerprint density at radius 3 is 2.83 bits per heavy atom. The van der Waals surface area contributed by atoms with Gasteiger partial charge in [-0.05, 0) is 24.6 Å². The second-order valence-corrected chi connectivity index (χ2v) is 6.95. The third kappa shape index (κ3) is 2.94. The van der Waals surface area contributed by atoms with E-state index in [9.17, 15) is 9.59 Å². The Morgan fingerprint density at radius 1 is 1.38 bits per heavy atom. The molecule has 0 atom stereocenters. The summed E-state index contributed by atoms with van der Waals surface area (Å²) in [4.78, 5) is 31.4. The molecule has 0 spiro atoms. The Bertz CT molecular complexity index is 920. The lowest BCUT2D eigenvalue weighted by atomic mass is 10.2. The summed E-state index contributed by atoms with van der Waals surface area (Å²) in [5.41, 5.74) is 0.697. The number of hydrogen-bond acceptors (Lipinski definition) is 6. The lowest BCUT2D eigenvalue weighted by molar-refractivity contribution is -0.121. The molecule has 3 heterocycles. The quantitative estimate of drug-likeness (QED) is 0.667. The number of nitrogens with zero attached hydrogens (tertiary/aromatic N) is 3. The molecule has 1 N–H and O–H groups in total. The smallest absolute Gasteiger partial charge is 0.267 e. The van der Waals surface area contributed by atoms with E-state index >= 15 is 0 Å². The molecule has 8 heteroatoms. The Labute approximate surface area is 148 Å². The van der Waals surface area contributed by atoms with Crippen molar-refractivity contribution >= 4 is 51.7 Å². The molecule has 24 heavy (non-hydrogen) atoms. The molecular weight excluding hydrogens is 344 g/mol. The number of pyridine rings is 1. The number of carbonyl (C=O) groups is 1. The summed E-state index contributed by atoms with van der Waals surface area (Å²) in [6.07, 6.45) is 4.14. The molecule has 0 bridgehead atoms. The van der Waals surface area contributed by atoms with Gasteiger partial charge >= 0.3 is 0 Å². The molecule has 124 valence electrons. The van der Waals surface area contributed by atoms with Crippen LogP contribution in [0.25, 0.3) is 11.7 Å². The molecule has 1 fully saturated rings. The number of fused-ring (bicyclic) bond motifs is 1. The van der Waals surface area contributed by atoms with Crippen molar-refractivity contribution in [2.45, 2.75) is 13.3 Å². The number of carbonyl (C=O) groups excluding carboxylic acids is 1. The third-order valence-corrected chi connectivity index (χ3v) is 5.06. The first-order chi connectivity index (χ1) is 11.5. The molecule has 1 amide bonds. The monoisotopic (exact) mass is 360 g/mol. The van der Waals surface area contributed by atoms with Gasteiger partial charge in [-0.15, -0.1) is 0 Å². The molecule has 0 saturated carbocycles. The minimum Gasteiger partial charge on any atom is -0.369 e. The van der Waals surface area contributed by atoms with Crippen molar-refractivity contribution in [3.63, 3.8) is 0 Å². The first-order valence-electron chi connectivity index (χ1n) is 7.49. The minimum atomic E-state index is -0.222. The fourth-order valence-electron chi connectivity index (χ4n) is 2.29. The van der Waals surface area contributed by atoms with Gasteiger partial charge in [-0.3, -0.25) is 18.9 Å². The zero-order valence-electron chi connectivity index (χ0n) is 13.3. The number of thiocarbonyl (C=S) groups is 1. The van der Waals surface area contributed by atoms with E-state index in [1.54, 1.807) is 31.5 Å². The van der Waals surface area contributed by atoms with Crippen LogP contribution >= 0.6 is 24.0 Å². The number of rotatable bonds is 4. The van der Waals surface area contributed by atoms with Gasteiger partial charge in [0.2, 0.25) is 0 Å². The van der Waals surface area contributed by atoms with E-state index in [1.165, 1.54) is 21.1 Å². The van der Waals surface area contributed by atoms with Crippen molar-refractivity contribution < 1.29 is 4.79 Å². The van der Waals surface area contributed by atoms with E-state index in [4.69, 9.17) is 12.2 Å². The van der Waals surface area contributed by atoms with E-state index in [2.05, 4.69) is 10.3 Å². The van der Waals surface area contributed by atoms with E-state index in [-0.39, 0.29) is 11.5 Å². The summed E-state index contributed by atoms with van der Waals surface area (Å²) in [6.45, 7) is 2.72. The fourth-order valence-corrected chi connectivity index (χ4v) is 3.45. The van der Waals surface area contributed by atoms with Crippen LogP contribution in [0.3, 0.4) is 0 Å². The summed E-state index contributed by atoms with van der Waals surface area (Å²) >= 11 is 6.33. The number of aromatic nitrogens is 2. The SMILES string of the molecule is CCCNc1nc2ccccn2c(=O)c1/C=C1/SC(=S)N(C)C1=O. The first-order valence-corrected chi connectivity index (χ1v) is 8.72. The maximum absolute atomic E-state index is 12.8. The molecule has 2 aromatic heterocycles. The van der Waals surface area contributed by atoms with Crippen molar-refractivity contribution in [1.29, 1.82) is 0 Å². The maximum Gasteiger partial charge on any atom is 0.267 e. The second-order valence-electron chi connectivity index (χ2n) is 5.28. The lowest BCUT2D eigenvalue weighted by Gasteiger charge is -2.10. The van der Waals surface area contributed by atoms with Crippen LogP contribution in [0.15, 0.2) is 34.1 Å². The first kappa shape index (κ1) is 16.7. The molecule has 1 aliphatic rings. The average molecular weight is 360 g/mol. The topological polar surface area (TPSA) is 66.7 Å². The largest absolute Gasteiger partial charge is 0.369 e. The normalized spacial score (nSPS) is 16.4. The highest BCUT2D eigenvalue weighted by Gasteiger charge is 2.29. The van der Waals surface area contributed by atoms with Crippen LogP contribution in [-0.2, 0) is 4.79 Å². The fraction of sp³-hybridized carbons (Fsp3) is 0.250. The minimum absolute atomic E-state index is 0.205. The number of thioether (sulfide) groups is 1. The molecule has 6 nitrogen and oxygen atoms in total. The zero-order valence-corrected chi connectivity index (χ0v) is 14.9. The number of hydrogen-bond donors (Lipinski definition) is 1. The average Bonchev–Trinajstić information content (AvgIpc) is 2.83. The summed E-state index contributed by atoms with van der Waals surface area (Å²) < 4.78 is 1.94. The molecule has 0 aliphatic carbocycles. The third-order valence-electron chi connectivity index (χ3n) is 3.57. The van der Waals surface area contributed by atoms with Crippen LogP contribution in [0.2, 0.25) is 0 Å². The second kappa shape index (κ2) is 6.74. The van der Waals surface area contributed by atoms with Crippen molar-refractivity contribution in [2.75, 3.05) is 18.9 Å². The number of anilines is 1. The summed E-state index contributed by atoms with van der Waals surface area (Å²) in [5, 5.41) is 3.17. The Hall–Kier alpha value is -2.19. The van der Waals surface area contributed by atoms with Gasteiger partial charge in [-0.2, -0.15) is 0 Å². The van der Waals surface area contributed by atoms with Crippen LogP contribution in [0.1, 0.15) is 18.9 Å². The highest BCUT2D eigenvalue weighted by molar-refractivity contribution is 8.26. The van der Waals surface area contributed by atoms with Gasteiger partial charge < -0.3 is 5.32 Å². The molecule has 0 unspecified atom stereocenters. The highest BCUT2D eigenvalue weighted by atomic mass is 32.2. The molecule has 1 aliphatic heterocycles. The summed E-state index contributed by atoms with van der Waals surface area (Å²) in [5.74, 6) is 0.276.